The van der Waals surface area contributed by atoms with Crippen molar-refractivity contribution in [3.63, 3.8) is 0 Å². The highest BCUT2D eigenvalue weighted by atomic mass is 14.9. The minimum absolute atomic E-state index is 0.209. The van der Waals surface area contributed by atoms with Gasteiger partial charge in [-0.1, -0.05) is 45.9 Å². The van der Waals surface area contributed by atoms with Gasteiger partial charge in [0.2, 0.25) is 0 Å². The molecule has 0 spiro atoms. The molecular formula is C18H34N2. The minimum Gasteiger partial charge on any atom is -0.389 e. The van der Waals surface area contributed by atoms with Gasteiger partial charge in [0.05, 0.1) is 0 Å². The van der Waals surface area contributed by atoms with Crippen molar-refractivity contribution in [3.8, 4) is 0 Å². The van der Waals surface area contributed by atoms with E-state index in [9.17, 15) is 0 Å². The van der Waals surface area contributed by atoms with E-state index < -0.39 is 0 Å². The first kappa shape index (κ1) is 18.8. The molecule has 0 aromatic heterocycles. The van der Waals surface area contributed by atoms with Crippen molar-refractivity contribution in [3.05, 3.63) is 37.2 Å². The SMILES string of the molecule is C=CC(C)(C)CCC(=C)NCCCCCCNC(=C)C. The zero-order valence-corrected chi connectivity index (χ0v) is 13.9. The van der Waals surface area contributed by atoms with E-state index in [1.807, 2.05) is 13.0 Å². The summed E-state index contributed by atoms with van der Waals surface area (Å²) in [5.41, 5.74) is 2.43. The first-order valence-corrected chi connectivity index (χ1v) is 7.82. The maximum atomic E-state index is 4.09. The molecule has 0 bridgehead atoms. The highest BCUT2D eigenvalue weighted by Crippen LogP contribution is 2.24. The number of hydrogen-bond donors (Lipinski definition) is 2. The Kier molecular flexibility index (Phi) is 9.96. The second-order valence-corrected chi connectivity index (χ2v) is 6.34. The number of rotatable bonds is 13. The molecule has 0 radical (unpaired) electrons. The van der Waals surface area contributed by atoms with Crippen molar-refractivity contribution in [2.75, 3.05) is 13.1 Å². The average molecular weight is 278 g/mol. The van der Waals surface area contributed by atoms with Crippen molar-refractivity contribution in [2.24, 2.45) is 5.41 Å². The molecule has 20 heavy (non-hydrogen) atoms. The van der Waals surface area contributed by atoms with Crippen LogP contribution in [0.1, 0.15) is 59.3 Å². The topological polar surface area (TPSA) is 24.1 Å². The molecule has 0 fully saturated rings. The lowest BCUT2D eigenvalue weighted by Crippen LogP contribution is -2.16. The minimum atomic E-state index is 0.209. The summed E-state index contributed by atoms with van der Waals surface area (Å²) < 4.78 is 0. The maximum Gasteiger partial charge on any atom is 0.0143 e. The first-order valence-electron chi connectivity index (χ1n) is 7.82. The van der Waals surface area contributed by atoms with E-state index in [1.54, 1.807) is 0 Å². The summed E-state index contributed by atoms with van der Waals surface area (Å²) >= 11 is 0. The van der Waals surface area contributed by atoms with Crippen molar-refractivity contribution in [1.29, 1.82) is 0 Å². The summed E-state index contributed by atoms with van der Waals surface area (Å²) in [5, 5.41) is 6.69. The Morgan fingerprint density at radius 1 is 1.00 bits per heavy atom. The number of hydrogen-bond acceptors (Lipinski definition) is 2. The lowest BCUT2D eigenvalue weighted by molar-refractivity contribution is 0.432. The van der Waals surface area contributed by atoms with E-state index in [0.717, 1.165) is 37.3 Å². The van der Waals surface area contributed by atoms with Crippen LogP contribution in [0, 0.1) is 5.41 Å². The van der Waals surface area contributed by atoms with Crippen LogP contribution in [0.4, 0.5) is 0 Å². The zero-order valence-electron chi connectivity index (χ0n) is 13.9. The number of nitrogens with one attached hydrogen (secondary N) is 2. The molecule has 0 amide bonds. The van der Waals surface area contributed by atoms with E-state index in [2.05, 4.69) is 44.2 Å². The molecule has 0 aliphatic heterocycles. The summed E-state index contributed by atoms with van der Waals surface area (Å²) in [5.74, 6) is 0. The van der Waals surface area contributed by atoms with Crippen LogP contribution >= 0.6 is 0 Å². The van der Waals surface area contributed by atoms with E-state index in [1.165, 1.54) is 25.7 Å². The summed E-state index contributed by atoms with van der Waals surface area (Å²) in [6.45, 7) is 20.3. The predicted molar refractivity (Wildman–Crippen MR) is 91.6 cm³/mol. The Morgan fingerprint density at radius 2 is 1.55 bits per heavy atom. The number of unbranched alkanes of at least 4 members (excludes halogenated alkanes) is 3. The third kappa shape index (κ3) is 11.9. The molecule has 0 saturated carbocycles. The van der Waals surface area contributed by atoms with Crippen LogP contribution < -0.4 is 10.6 Å². The monoisotopic (exact) mass is 278 g/mol. The van der Waals surface area contributed by atoms with Gasteiger partial charge in [0.15, 0.2) is 0 Å². The standard InChI is InChI=1S/C18H34N2/c1-7-18(5,6)13-12-17(4)20-15-11-9-8-10-14-19-16(2)3/h7,19-20H,1-2,4,8-15H2,3,5-6H3. The highest BCUT2D eigenvalue weighted by molar-refractivity contribution is 4.96. The molecule has 0 aromatic carbocycles. The highest BCUT2D eigenvalue weighted by Gasteiger charge is 2.12. The Balaban J connectivity index is 3.40. The Hall–Kier alpha value is -1.18. The van der Waals surface area contributed by atoms with Gasteiger partial charge in [-0.15, -0.1) is 6.58 Å². The van der Waals surface area contributed by atoms with Gasteiger partial charge < -0.3 is 10.6 Å². The van der Waals surface area contributed by atoms with Gasteiger partial charge in [-0.2, -0.15) is 0 Å². The van der Waals surface area contributed by atoms with Crippen molar-refractivity contribution >= 4 is 0 Å². The lowest BCUT2D eigenvalue weighted by Gasteiger charge is -2.20. The summed E-state index contributed by atoms with van der Waals surface area (Å²) in [4.78, 5) is 0. The lowest BCUT2D eigenvalue weighted by atomic mass is 9.87. The van der Waals surface area contributed by atoms with Gasteiger partial charge in [-0.25, -0.2) is 0 Å². The summed E-state index contributed by atoms with van der Waals surface area (Å²) in [7, 11) is 0. The van der Waals surface area contributed by atoms with Gasteiger partial charge in [0.1, 0.15) is 0 Å². The van der Waals surface area contributed by atoms with Crippen molar-refractivity contribution < 1.29 is 0 Å². The average Bonchev–Trinajstić information content (AvgIpc) is 2.39. The van der Waals surface area contributed by atoms with Crippen molar-refractivity contribution in [1.82, 2.24) is 10.6 Å². The smallest absolute Gasteiger partial charge is 0.0143 e. The molecule has 0 aromatic rings. The molecular weight excluding hydrogens is 244 g/mol. The van der Waals surface area contributed by atoms with Gasteiger partial charge in [-0.3, -0.25) is 0 Å². The molecule has 2 heteroatoms. The second-order valence-electron chi connectivity index (χ2n) is 6.34. The fourth-order valence-electron chi connectivity index (χ4n) is 1.83. The Labute approximate surface area is 126 Å². The molecule has 0 aliphatic rings. The fourth-order valence-corrected chi connectivity index (χ4v) is 1.83. The van der Waals surface area contributed by atoms with Gasteiger partial charge in [0.25, 0.3) is 0 Å². The van der Waals surface area contributed by atoms with Gasteiger partial charge >= 0.3 is 0 Å². The molecule has 0 saturated heterocycles. The zero-order chi connectivity index (χ0) is 15.4. The van der Waals surface area contributed by atoms with E-state index >= 15 is 0 Å². The molecule has 0 heterocycles. The van der Waals surface area contributed by atoms with Gasteiger partial charge in [0, 0.05) is 24.5 Å². The fraction of sp³-hybridized carbons (Fsp3) is 0.667. The van der Waals surface area contributed by atoms with Crippen LogP contribution in [0.5, 0.6) is 0 Å². The van der Waals surface area contributed by atoms with Crippen LogP contribution in [-0.2, 0) is 0 Å². The Morgan fingerprint density at radius 3 is 2.05 bits per heavy atom. The predicted octanol–water partition coefficient (Wildman–Crippen LogP) is 4.77. The molecule has 0 rings (SSSR count). The molecule has 2 N–H and O–H groups in total. The molecule has 0 unspecified atom stereocenters. The third-order valence-corrected chi connectivity index (χ3v) is 3.53. The Bertz CT molecular complexity index is 303. The van der Waals surface area contributed by atoms with Crippen LogP contribution in [0.25, 0.3) is 0 Å². The number of allylic oxidation sites excluding steroid dienone is 3. The third-order valence-electron chi connectivity index (χ3n) is 3.53. The van der Waals surface area contributed by atoms with Crippen molar-refractivity contribution in [2.45, 2.75) is 59.3 Å². The summed E-state index contributed by atoms with van der Waals surface area (Å²) in [6, 6.07) is 0. The van der Waals surface area contributed by atoms with E-state index in [0.29, 0.717) is 0 Å². The molecule has 0 aliphatic carbocycles. The normalized spacial score (nSPS) is 10.9. The molecule has 0 atom stereocenters. The first-order chi connectivity index (χ1) is 9.37. The quantitative estimate of drug-likeness (QED) is 0.375. The summed E-state index contributed by atoms with van der Waals surface area (Å²) in [6.07, 6.45) is 9.16. The van der Waals surface area contributed by atoms with Crippen LogP contribution in [-0.4, -0.2) is 13.1 Å². The maximum absolute atomic E-state index is 4.09. The van der Waals surface area contributed by atoms with Crippen LogP contribution in [0.15, 0.2) is 37.2 Å². The van der Waals surface area contributed by atoms with E-state index in [4.69, 9.17) is 0 Å². The van der Waals surface area contributed by atoms with E-state index in [-0.39, 0.29) is 5.41 Å². The molecule has 2 nitrogen and oxygen atoms in total. The largest absolute Gasteiger partial charge is 0.389 e. The molecule has 116 valence electrons. The second kappa shape index (κ2) is 10.6. The van der Waals surface area contributed by atoms with Gasteiger partial charge in [-0.05, 0) is 38.0 Å². The van der Waals surface area contributed by atoms with Crippen LogP contribution in [0.3, 0.4) is 0 Å². The van der Waals surface area contributed by atoms with Crippen LogP contribution in [0.2, 0.25) is 0 Å².